The molecule has 4 nitrogen and oxygen atoms in total. The summed E-state index contributed by atoms with van der Waals surface area (Å²) in [6, 6.07) is 0. The minimum atomic E-state index is -0.726. The summed E-state index contributed by atoms with van der Waals surface area (Å²) < 4.78 is 0. The number of hydrogen-bond donors (Lipinski definition) is 2. The average molecular weight is 242 g/mol. The van der Waals surface area contributed by atoms with Gasteiger partial charge < -0.3 is 15.7 Å². The van der Waals surface area contributed by atoms with E-state index < -0.39 is 5.60 Å². The number of carbonyl (C=O) groups excluding carboxylic acids is 1. The highest BCUT2D eigenvalue weighted by atomic mass is 16.3. The van der Waals surface area contributed by atoms with Crippen molar-refractivity contribution in [3.63, 3.8) is 0 Å². The van der Waals surface area contributed by atoms with Crippen molar-refractivity contribution in [3.05, 3.63) is 0 Å². The van der Waals surface area contributed by atoms with Crippen LogP contribution in [0, 0.1) is 11.3 Å². The van der Waals surface area contributed by atoms with Crippen LogP contribution in [-0.4, -0.2) is 41.1 Å². The lowest BCUT2D eigenvalue weighted by Crippen LogP contribution is -2.41. The van der Waals surface area contributed by atoms with Crippen LogP contribution in [0.1, 0.15) is 40.5 Å². The maximum Gasteiger partial charge on any atom is 0.227 e. The molecular formula is C13H26N2O2. The first kappa shape index (κ1) is 14.5. The number of likely N-dealkylation sites (tertiary alicyclic amines) is 1. The van der Waals surface area contributed by atoms with Gasteiger partial charge in [0.2, 0.25) is 5.91 Å². The van der Waals surface area contributed by atoms with Gasteiger partial charge in [0.1, 0.15) is 0 Å². The molecule has 0 aromatic heterocycles. The van der Waals surface area contributed by atoms with Crippen molar-refractivity contribution in [2.45, 2.75) is 46.1 Å². The monoisotopic (exact) mass is 242 g/mol. The predicted molar refractivity (Wildman–Crippen MR) is 68.4 cm³/mol. The molecule has 0 bridgehead atoms. The number of β-amino-alcohol motifs (C(OH)–C–C–N with tert-alkyl or cyclic N) is 1. The average Bonchev–Trinajstić information content (AvgIpc) is 2.53. The minimum Gasteiger partial charge on any atom is -0.388 e. The topological polar surface area (TPSA) is 66.6 Å². The SMILES string of the molecule is CC(C)(C)CC(CN)C(=O)N1CCC(C)(O)C1. The molecule has 1 fully saturated rings. The molecule has 0 aromatic carbocycles. The highest BCUT2D eigenvalue weighted by Crippen LogP contribution is 2.28. The first-order valence-electron chi connectivity index (χ1n) is 6.36. The van der Waals surface area contributed by atoms with Crippen LogP contribution in [0.2, 0.25) is 0 Å². The summed E-state index contributed by atoms with van der Waals surface area (Å²) in [5, 5.41) is 9.88. The molecule has 1 amide bonds. The zero-order valence-electron chi connectivity index (χ0n) is 11.5. The number of nitrogens with zero attached hydrogens (tertiary/aromatic N) is 1. The van der Waals surface area contributed by atoms with Crippen molar-refractivity contribution in [3.8, 4) is 0 Å². The van der Waals surface area contributed by atoms with Gasteiger partial charge in [-0.3, -0.25) is 4.79 Å². The molecule has 2 unspecified atom stereocenters. The van der Waals surface area contributed by atoms with Gasteiger partial charge in [0, 0.05) is 19.6 Å². The van der Waals surface area contributed by atoms with Crippen LogP contribution in [0.3, 0.4) is 0 Å². The fourth-order valence-corrected chi connectivity index (χ4v) is 2.40. The standard InChI is InChI=1S/C13H26N2O2/c1-12(2,3)7-10(8-14)11(16)15-6-5-13(4,17)9-15/h10,17H,5-9,14H2,1-4H3. The molecular weight excluding hydrogens is 216 g/mol. The Kier molecular flexibility index (Phi) is 4.20. The molecule has 3 N–H and O–H groups in total. The Morgan fingerprint density at radius 3 is 2.47 bits per heavy atom. The van der Waals surface area contributed by atoms with Crippen molar-refractivity contribution in [1.82, 2.24) is 4.90 Å². The van der Waals surface area contributed by atoms with Crippen LogP contribution < -0.4 is 5.73 Å². The lowest BCUT2D eigenvalue weighted by atomic mass is 9.84. The molecule has 1 saturated heterocycles. The Labute approximate surface area is 104 Å². The lowest BCUT2D eigenvalue weighted by Gasteiger charge is -2.28. The van der Waals surface area contributed by atoms with Crippen molar-refractivity contribution >= 4 is 5.91 Å². The number of aliphatic hydroxyl groups is 1. The summed E-state index contributed by atoms with van der Waals surface area (Å²) in [7, 11) is 0. The van der Waals surface area contributed by atoms with Gasteiger partial charge in [-0.15, -0.1) is 0 Å². The van der Waals surface area contributed by atoms with Gasteiger partial charge >= 0.3 is 0 Å². The second-order valence-corrected chi connectivity index (χ2v) is 6.70. The molecule has 17 heavy (non-hydrogen) atoms. The van der Waals surface area contributed by atoms with Gasteiger partial charge in [-0.2, -0.15) is 0 Å². The first-order chi connectivity index (χ1) is 7.64. The Morgan fingerprint density at radius 1 is 1.53 bits per heavy atom. The van der Waals surface area contributed by atoms with Crippen molar-refractivity contribution in [2.24, 2.45) is 17.1 Å². The van der Waals surface area contributed by atoms with E-state index >= 15 is 0 Å². The van der Waals surface area contributed by atoms with Gasteiger partial charge in [0.05, 0.1) is 11.5 Å². The van der Waals surface area contributed by atoms with Crippen LogP contribution in [0.4, 0.5) is 0 Å². The Bertz CT molecular complexity index is 282. The fraction of sp³-hybridized carbons (Fsp3) is 0.923. The van der Waals surface area contributed by atoms with E-state index in [-0.39, 0.29) is 17.2 Å². The molecule has 0 aromatic rings. The van der Waals surface area contributed by atoms with Gasteiger partial charge in [0.25, 0.3) is 0 Å². The molecule has 1 rings (SSSR count). The fourth-order valence-electron chi connectivity index (χ4n) is 2.40. The van der Waals surface area contributed by atoms with E-state index in [1.165, 1.54) is 0 Å². The zero-order valence-corrected chi connectivity index (χ0v) is 11.5. The van der Waals surface area contributed by atoms with E-state index in [4.69, 9.17) is 5.73 Å². The number of hydrogen-bond acceptors (Lipinski definition) is 3. The molecule has 1 aliphatic heterocycles. The molecule has 0 radical (unpaired) electrons. The Balaban J connectivity index is 2.62. The van der Waals surface area contributed by atoms with E-state index in [2.05, 4.69) is 20.8 Å². The second kappa shape index (κ2) is 4.94. The number of rotatable bonds is 3. The van der Waals surface area contributed by atoms with E-state index in [0.717, 1.165) is 6.42 Å². The smallest absolute Gasteiger partial charge is 0.227 e. The second-order valence-electron chi connectivity index (χ2n) is 6.70. The lowest BCUT2D eigenvalue weighted by molar-refractivity contribution is -0.136. The van der Waals surface area contributed by atoms with E-state index in [0.29, 0.717) is 26.1 Å². The molecule has 0 saturated carbocycles. The largest absolute Gasteiger partial charge is 0.388 e. The third kappa shape index (κ3) is 4.28. The van der Waals surface area contributed by atoms with E-state index in [1.807, 2.05) is 0 Å². The number of carbonyl (C=O) groups is 1. The molecule has 0 aliphatic carbocycles. The summed E-state index contributed by atoms with van der Waals surface area (Å²) in [4.78, 5) is 14.0. The van der Waals surface area contributed by atoms with Crippen molar-refractivity contribution < 1.29 is 9.90 Å². The third-order valence-corrected chi connectivity index (χ3v) is 3.26. The van der Waals surface area contributed by atoms with E-state index in [9.17, 15) is 9.90 Å². The van der Waals surface area contributed by atoms with Gasteiger partial charge in [-0.05, 0) is 25.2 Å². The summed E-state index contributed by atoms with van der Waals surface area (Å²) in [5.74, 6) is -0.0240. The minimum absolute atomic E-state index is 0.0974. The van der Waals surface area contributed by atoms with Gasteiger partial charge in [-0.25, -0.2) is 0 Å². The summed E-state index contributed by atoms with van der Waals surface area (Å²) in [5.41, 5.74) is 5.08. The predicted octanol–water partition coefficient (Wildman–Crippen LogP) is 0.981. The van der Waals surface area contributed by atoms with Crippen LogP contribution in [0.25, 0.3) is 0 Å². The molecule has 2 atom stereocenters. The summed E-state index contributed by atoms with van der Waals surface area (Å²) in [6.07, 6.45) is 1.45. The quantitative estimate of drug-likeness (QED) is 0.775. The van der Waals surface area contributed by atoms with E-state index in [1.54, 1.807) is 11.8 Å². The van der Waals surface area contributed by atoms with Crippen LogP contribution in [0.15, 0.2) is 0 Å². The summed E-state index contributed by atoms with van der Waals surface area (Å²) in [6.45, 7) is 9.59. The molecule has 100 valence electrons. The molecule has 1 aliphatic rings. The van der Waals surface area contributed by atoms with Crippen molar-refractivity contribution in [2.75, 3.05) is 19.6 Å². The Hall–Kier alpha value is -0.610. The zero-order chi connectivity index (χ0) is 13.3. The number of nitrogens with two attached hydrogens (primary N) is 1. The van der Waals surface area contributed by atoms with Crippen molar-refractivity contribution in [1.29, 1.82) is 0 Å². The Morgan fingerprint density at radius 2 is 2.12 bits per heavy atom. The molecule has 1 heterocycles. The van der Waals surface area contributed by atoms with Gasteiger partial charge in [0.15, 0.2) is 0 Å². The molecule has 4 heteroatoms. The maximum atomic E-state index is 12.3. The first-order valence-corrected chi connectivity index (χ1v) is 6.36. The third-order valence-electron chi connectivity index (χ3n) is 3.26. The maximum absolute atomic E-state index is 12.3. The number of amides is 1. The summed E-state index contributed by atoms with van der Waals surface area (Å²) >= 11 is 0. The van der Waals surface area contributed by atoms with Crippen LogP contribution >= 0.6 is 0 Å². The highest BCUT2D eigenvalue weighted by Gasteiger charge is 2.36. The van der Waals surface area contributed by atoms with Crippen LogP contribution in [0.5, 0.6) is 0 Å². The highest BCUT2D eigenvalue weighted by molar-refractivity contribution is 5.79. The molecule has 0 spiro atoms. The van der Waals surface area contributed by atoms with Gasteiger partial charge in [-0.1, -0.05) is 20.8 Å². The normalized spacial score (nSPS) is 27.3. The van der Waals surface area contributed by atoms with Crippen LogP contribution in [-0.2, 0) is 4.79 Å².